The predicted octanol–water partition coefficient (Wildman–Crippen LogP) is -0.0307. The number of hydrogen-bond donors (Lipinski definition) is 2. The Bertz CT molecular complexity index is 317. The molecule has 0 saturated heterocycles. The minimum atomic E-state index is -1.09. The summed E-state index contributed by atoms with van der Waals surface area (Å²) in [5.74, 6) is -1.35. The van der Waals surface area contributed by atoms with E-state index in [4.69, 9.17) is 5.11 Å². The Hall–Kier alpha value is -1.79. The van der Waals surface area contributed by atoms with Gasteiger partial charge in [-0.1, -0.05) is 0 Å². The van der Waals surface area contributed by atoms with Crippen LogP contribution in [0.15, 0.2) is 0 Å². The number of carbonyl (C=O) groups excluding carboxylic acids is 2. The molecule has 7 nitrogen and oxygen atoms in total. The maximum atomic E-state index is 11.8. The summed E-state index contributed by atoms with van der Waals surface area (Å²) in [4.78, 5) is 36.2. The molecule has 0 rings (SSSR count). The van der Waals surface area contributed by atoms with Crippen LogP contribution in [0.25, 0.3) is 0 Å². The van der Waals surface area contributed by atoms with Crippen molar-refractivity contribution in [1.82, 2.24) is 15.1 Å². The Morgan fingerprint density at radius 1 is 1.22 bits per heavy atom. The molecule has 0 atom stereocenters. The summed E-state index contributed by atoms with van der Waals surface area (Å²) < 4.78 is 0. The van der Waals surface area contributed by atoms with E-state index in [-0.39, 0.29) is 25.0 Å². The van der Waals surface area contributed by atoms with Crippen molar-refractivity contribution in [2.45, 2.75) is 26.8 Å². The standard InChI is InChI=1S/C11H21N3O4/c1-5-14(6-9(15)12-8(2)3)11(18)13(4)7-10(16)17/h8H,5-7H2,1-4H3,(H,12,15)(H,16,17). The second kappa shape index (κ2) is 7.52. The van der Waals surface area contributed by atoms with E-state index in [1.807, 2.05) is 13.8 Å². The van der Waals surface area contributed by atoms with Crippen LogP contribution >= 0.6 is 0 Å². The van der Waals surface area contributed by atoms with Gasteiger partial charge in [0.25, 0.3) is 0 Å². The highest BCUT2D eigenvalue weighted by molar-refractivity contribution is 5.85. The Morgan fingerprint density at radius 2 is 1.78 bits per heavy atom. The zero-order valence-corrected chi connectivity index (χ0v) is 11.3. The molecular formula is C11H21N3O4. The fourth-order valence-corrected chi connectivity index (χ4v) is 1.37. The number of rotatable bonds is 6. The minimum absolute atomic E-state index is 0.00283. The molecule has 0 heterocycles. The Kier molecular flexibility index (Phi) is 6.77. The van der Waals surface area contributed by atoms with Gasteiger partial charge in [-0.25, -0.2) is 4.79 Å². The highest BCUT2D eigenvalue weighted by atomic mass is 16.4. The molecular weight excluding hydrogens is 238 g/mol. The van der Waals surface area contributed by atoms with Crippen molar-refractivity contribution in [2.75, 3.05) is 26.7 Å². The van der Waals surface area contributed by atoms with Crippen molar-refractivity contribution >= 4 is 17.9 Å². The van der Waals surface area contributed by atoms with Crippen LogP contribution in [0.4, 0.5) is 4.79 Å². The predicted molar refractivity (Wildman–Crippen MR) is 66.2 cm³/mol. The summed E-state index contributed by atoms with van der Waals surface area (Å²) in [6.07, 6.45) is 0. The van der Waals surface area contributed by atoms with Gasteiger partial charge in [-0.15, -0.1) is 0 Å². The number of nitrogens with one attached hydrogen (secondary N) is 1. The third-order valence-corrected chi connectivity index (χ3v) is 2.14. The SMILES string of the molecule is CCN(CC(=O)NC(C)C)C(=O)N(C)CC(=O)O. The van der Waals surface area contributed by atoms with E-state index in [1.165, 1.54) is 11.9 Å². The average molecular weight is 259 g/mol. The molecule has 0 bridgehead atoms. The molecule has 0 saturated carbocycles. The minimum Gasteiger partial charge on any atom is -0.480 e. The Labute approximate surface area is 107 Å². The van der Waals surface area contributed by atoms with Gasteiger partial charge in [0.2, 0.25) is 5.91 Å². The maximum absolute atomic E-state index is 11.8. The lowest BCUT2D eigenvalue weighted by Crippen LogP contribution is -2.48. The van der Waals surface area contributed by atoms with Crippen LogP contribution < -0.4 is 5.32 Å². The molecule has 104 valence electrons. The molecule has 0 aliphatic rings. The monoisotopic (exact) mass is 259 g/mol. The van der Waals surface area contributed by atoms with Crippen molar-refractivity contribution in [3.63, 3.8) is 0 Å². The summed E-state index contributed by atoms with van der Waals surface area (Å²) in [6.45, 7) is 5.27. The van der Waals surface area contributed by atoms with Crippen LogP contribution in [-0.4, -0.2) is 65.5 Å². The molecule has 0 fully saturated rings. The van der Waals surface area contributed by atoms with Gasteiger partial charge in [0, 0.05) is 19.6 Å². The molecule has 0 radical (unpaired) electrons. The van der Waals surface area contributed by atoms with E-state index in [1.54, 1.807) is 6.92 Å². The fraction of sp³-hybridized carbons (Fsp3) is 0.727. The quantitative estimate of drug-likeness (QED) is 0.701. The van der Waals surface area contributed by atoms with Gasteiger partial charge in [0.15, 0.2) is 0 Å². The molecule has 2 N–H and O–H groups in total. The van der Waals surface area contributed by atoms with Gasteiger partial charge < -0.3 is 20.2 Å². The third-order valence-electron chi connectivity index (χ3n) is 2.14. The lowest BCUT2D eigenvalue weighted by atomic mass is 10.3. The summed E-state index contributed by atoms with van der Waals surface area (Å²) in [5.41, 5.74) is 0. The number of likely N-dealkylation sites (N-methyl/N-ethyl adjacent to an activating group) is 2. The molecule has 0 aromatic carbocycles. The Morgan fingerprint density at radius 3 is 2.17 bits per heavy atom. The number of carbonyl (C=O) groups is 3. The van der Waals surface area contributed by atoms with Crippen LogP contribution in [-0.2, 0) is 9.59 Å². The molecule has 3 amide bonds. The first kappa shape index (κ1) is 16.2. The van der Waals surface area contributed by atoms with E-state index in [0.717, 1.165) is 4.90 Å². The second-order valence-electron chi connectivity index (χ2n) is 4.27. The lowest BCUT2D eigenvalue weighted by Gasteiger charge is -2.26. The van der Waals surface area contributed by atoms with E-state index < -0.39 is 12.0 Å². The topological polar surface area (TPSA) is 90.0 Å². The smallest absolute Gasteiger partial charge is 0.323 e. The van der Waals surface area contributed by atoms with Crippen LogP contribution in [0, 0.1) is 0 Å². The van der Waals surface area contributed by atoms with Crippen molar-refractivity contribution in [3.05, 3.63) is 0 Å². The summed E-state index contributed by atoms with van der Waals surface area (Å²) >= 11 is 0. The molecule has 18 heavy (non-hydrogen) atoms. The van der Waals surface area contributed by atoms with Crippen molar-refractivity contribution in [3.8, 4) is 0 Å². The number of carboxylic acid groups (broad SMARTS) is 1. The normalized spacial score (nSPS) is 10.1. The fourth-order valence-electron chi connectivity index (χ4n) is 1.37. The largest absolute Gasteiger partial charge is 0.480 e. The van der Waals surface area contributed by atoms with Gasteiger partial charge in [-0.2, -0.15) is 0 Å². The van der Waals surface area contributed by atoms with Crippen LogP contribution in [0.2, 0.25) is 0 Å². The van der Waals surface area contributed by atoms with Crippen molar-refractivity contribution in [1.29, 1.82) is 0 Å². The number of amides is 3. The van der Waals surface area contributed by atoms with E-state index in [2.05, 4.69) is 5.32 Å². The molecule has 0 aliphatic carbocycles. The molecule has 0 aromatic rings. The van der Waals surface area contributed by atoms with Crippen LogP contribution in [0.1, 0.15) is 20.8 Å². The zero-order valence-electron chi connectivity index (χ0n) is 11.3. The first-order valence-electron chi connectivity index (χ1n) is 5.79. The molecule has 0 spiro atoms. The second-order valence-corrected chi connectivity index (χ2v) is 4.27. The van der Waals surface area contributed by atoms with E-state index in [0.29, 0.717) is 6.54 Å². The maximum Gasteiger partial charge on any atom is 0.323 e. The molecule has 0 aromatic heterocycles. The van der Waals surface area contributed by atoms with Gasteiger partial charge in [0.05, 0.1) is 0 Å². The zero-order chi connectivity index (χ0) is 14.3. The lowest BCUT2D eigenvalue weighted by molar-refractivity contribution is -0.137. The first-order chi connectivity index (χ1) is 8.27. The number of carboxylic acids is 1. The van der Waals surface area contributed by atoms with Crippen molar-refractivity contribution in [2.24, 2.45) is 0 Å². The number of aliphatic carboxylic acids is 1. The van der Waals surface area contributed by atoms with Gasteiger partial charge >= 0.3 is 12.0 Å². The van der Waals surface area contributed by atoms with Gasteiger partial charge in [0.1, 0.15) is 13.1 Å². The number of urea groups is 1. The summed E-state index contributed by atoms with van der Waals surface area (Å²) in [5, 5.41) is 11.3. The van der Waals surface area contributed by atoms with Gasteiger partial charge in [-0.3, -0.25) is 9.59 Å². The van der Waals surface area contributed by atoms with Crippen molar-refractivity contribution < 1.29 is 19.5 Å². The average Bonchev–Trinajstić information content (AvgIpc) is 2.22. The molecule has 7 heteroatoms. The Balaban J connectivity index is 4.44. The number of nitrogens with zero attached hydrogens (tertiary/aromatic N) is 2. The number of hydrogen-bond acceptors (Lipinski definition) is 3. The van der Waals surface area contributed by atoms with Gasteiger partial charge in [-0.05, 0) is 20.8 Å². The molecule has 0 unspecified atom stereocenters. The summed E-state index contributed by atoms with van der Waals surface area (Å²) in [7, 11) is 1.39. The van der Waals surface area contributed by atoms with E-state index >= 15 is 0 Å². The first-order valence-corrected chi connectivity index (χ1v) is 5.79. The van der Waals surface area contributed by atoms with Crippen LogP contribution in [0.5, 0.6) is 0 Å². The highest BCUT2D eigenvalue weighted by Gasteiger charge is 2.20. The highest BCUT2D eigenvalue weighted by Crippen LogP contribution is 1.97. The summed E-state index contributed by atoms with van der Waals surface area (Å²) in [6, 6.07) is -0.470. The molecule has 0 aliphatic heterocycles. The van der Waals surface area contributed by atoms with E-state index in [9.17, 15) is 14.4 Å². The van der Waals surface area contributed by atoms with Crippen LogP contribution in [0.3, 0.4) is 0 Å². The third kappa shape index (κ3) is 6.07.